The van der Waals surface area contributed by atoms with Crippen molar-refractivity contribution in [2.75, 3.05) is 6.54 Å². The third kappa shape index (κ3) is 1.63. The van der Waals surface area contributed by atoms with Crippen LogP contribution < -0.4 is 5.73 Å². The predicted molar refractivity (Wildman–Crippen MR) is 58.6 cm³/mol. The molecule has 0 spiro atoms. The van der Waals surface area contributed by atoms with Gasteiger partial charge in [-0.1, -0.05) is 0 Å². The predicted octanol–water partition coefficient (Wildman–Crippen LogP) is 1.74. The summed E-state index contributed by atoms with van der Waals surface area (Å²) < 4.78 is 0.680. The maximum atomic E-state index is 10.9. The second-order valence-corrected chi connectivity index (χ2v) is 4.61. The molecule has 0 aliphatic heterocycles. The average Bonchev–Trinajstić information content (AvgIpc) is 2.98. The molecule has 6 heteroatoms. The van der Waals surface area contributed by atoms with Crippen molar-refractivity contribution in [1.82, 2.24) is 4.98 Å². The van der Waals surface area contributed by atoms with E-state index < -0.39 is 4.92 Å². The highest BCUT2D eigenvalue weighted by molar-refractivity contribution is 9.10. The first-order chi connectivity index (χ1) is 7.10. The minimum absolute atomic E-state index is 0.0623. The summed E-state index contributed by atoms with van der Waals surface area (Å²) >= 11 is 3.31. The van der Waals surface area contributed by atoms with Crippen molar-refractivity contribution in [1.29, 1.82) is 0 Å². The third-order valence-corrected chi connectivity index (χ3v) is 3.45. The zero-order chi connectivity index (χ0) is 11.1. The van der Waals surface area contributed by atoms with Crippen molar-refractivity contribution in [3.05, 3.63) is 32.5 Å². The molecule has 2 N–H and O–H groups in total. The van der Waals surface area contributed by atoms with Crippen LogP contribution in [0.5, 0.6) is 0 Å². The molecular weight excluding hydrogens is 262 g/mol. The van der Waals surface area contributed by atoms with Gasteiger partial charge in [0.15, 0.2) is 0 Å². The Balaban J connectivity index is 2.58. The van der Waals surface area contributed by atoms with Gasteiger partial charge in [-0.2, -0.15) is 0 Å². The maximum Gasteiger partial charge on any atom is 0.292 e. The van der Waals surface area contributed by atoms with E-state index in [4.69, 9.17) is 5.73 Å². The number of aromatic nitrogens is 1. The van der Waals surface area contributed by atoms with Crippen LogP contribution in [-0.4, -0.2) is 16.5 Å². The summed E-state index contributed by atoms with van der Waals surface area (Å²) in [5, 5.41) is 10.9. The normalized spacial score (nSPS) is 17.5. The van der Waals surface area contributed by atoms with E-state index in [0.717, 1.165) is 12.8 Å². The lowest BCUT2D eigenvalue weighted by atomic mass is 9.96. The van der Waals surface area contributed by atoms with Gasteiger partial charge in [-0.05, 0) is 28.8 Å². The van der Waals surface area contributed by atoms with Crippen molar-refractivity contribution in [2.24, 2.45) is 5.73 Å². The molecule has 0 radical (unpaired) electrons. The van der Waals surface area contributed by atoms with Gasteiger partial charge in [-0.3, -0.25) is 15.1 Å². The lowest BCUT2D eigenvalue weighted by Gasteiger charge is -2.14. The Kier molecular flexibility index (Phi) is 2.47. The van der Waals surface area contributed by atoms with Crippen molar-refractivity contribution < 1.29 is 4.92 Å². The summed E-state index contributed by atoms with van der Waals surface area (Å²) in [5.74, 6) is 0. The van der Waals surface area contributed by atoms with Gasteiger partial charge in [0, 0.05) is 22.6 Å². The van der Waals surface area contributed by atoms with E-state index in [1.807, 2.05) is 0 Å². The summed E-state index contributed by atoms with van der Waals surface area (Å²) in [7, 11) is 0. The van der Waals surface area contributed by atoms with E-state index in [9.17, 15) is 10.1 Å². The fraction of sp³-hybridized carbons (Fsp3) is 0.444. The molecule has 15 heavy (non-hydrogen) atoms. The molecule has 1 aromatic heterocycles. The molecular formula is C9H10BrN3O2. The van der Waals surface area contributed by atoms with E-state index in [1.54, 1.807) is 6.20 Å². The Labute approximate surface area is 95.0 Å². The summed E-state index contributed by atoms with van der Waals surface area (Å²) in [6, 6.07) is 0. The largest absolute Gasteiger partial charge is 0.330 e. The number of nitrogens with zero attached hydrogens (tertiary/aromatic N) is 2. The summed E-state index contributed by atoms with van der Waals surface area (Å²) in [6.07, 6.45) is 4.69. The topological polar surface area (TPSA) is 82.0 Å². The number of nitro groups is 1. The van der Waals surface area contributed by atoms with E-state index in [1.165, 1.54) is 6.20 Å². The monoisotopic (exact) mass is 271 g/mol. The van der Waals surface area contributed by atoms with Crippen LogP contribution >= 0.6 is 15.9 Å². The van der Waals surface area contributed by atoms with Gasteiger partial charge in [0.25, 0.3) is 5.69 Å². The Morgan fingerprint density at radius 1 is 1.60 bits per heavy atom. The van der Waals surface area contributed by atoms with Gasteiger partial charge in [0.05, 0.1) is 10.5 Å². The Hall–Kier alpha value is -1.01. The molecule has 0 bridgehead atoms. The van der Waals surface area contributed by atoms with Gasteiger partial charge in [0.2, 0.25) is 0 Å². The van der Waals surface area contributed by atoms with Gasteiger partial charge in [-0.15, -0.1) is 0 Å². The van der Waals surface area contributed by atoms with Crippen LogP contribution in [0.4, 0.5) is 5.69 Å². The molecule has 80 valence electrons. The fourth-order valence-electron chi connectivity index (χ4n) is 1.80. The van der Waals surface area contributed by atoms with Crippen LogP contribution in [0.3, 0.4) is 0 Å². The van der Waals surface area contributed by atoms with Gasteiger partial charge < -0.3 is 5.73 Å². The molecule has 0 amide bonds. The molecule has 0 atom stereocenters. The number of nitrogens with two attached hydrogens (primary N) is 1. The van der Waals surface area contributed by atoms with Crippen LogP contribution in [0.1, 0.15) is 18.4 Å². The summed E-state index contributed by atoms with van der Waals surface area (Å²) in [6.45, 7) is 0.441. The van der Waals surface area contributed by atoms with Crippen molar-refractivity contribution in [2.45, 2.75) is 18.3 Å². The zero-order valence-corrected chi connectivity index (χ0v) is 9.53. The minimum Gasteiger partial charge on any atom is -0.330 e. The SMILES string of the molecule is NCC1(c2c(Br)cncc2[N+](=O)[O-])CC1. The van der Waals surface area contributed by atoms with E-state index in [-0.39, 0.29) is 11.1 Å². The number of hydrogen-bond donors (Lipinski definition) is 1. The number of rotatable bonds is 3. The highest BCUT2D eigenvalue weighted by Gasteiger charge is 2.48. The first-order valence-corrected chi connectivity index (χ1v) is 5.38. The highest BCUT2D eigenvalue weighted by atomic mass is 79.9. The maximum absolute atomic E-state index is 10.9. The van der Waals surface area contributed by atoms with Crippen LogP contribution in [0.15, 0.2) is 16.9 Å². The minimum atomic E-state index is -0.400. The summed E-state index contributed by atoms with van der Waals surface area (Å²) in [4.78, 5) is 14.3. The van der Waals surface area contributed by atoms with Crippen molar-refractivity contribution in [3.8, 4) is 0 Å². The fourth-order valence-corrected chi connectivity index (χ4v) is 2.54. The molecule has 1 heterocycles. The van der Waals surface area contributed by atoms with Crippen LogP contribution in [-0.2, 0) is 5.41 Å². The second-order valence-electron chi connectivity index (χ2n) is 3.76. The molecule has 2 rings (SSSR count). The van der Waals surface area contributed by atoms with Crippen LogP contribution in [0, 0.1) is 10.1 Å². The number of halogens is 1. The lowest BCUT2D eigenvalue weighted by molar-refractivity contribution is -0.386. The van der Waals surface area contributed by atoms with Gasteiger partial charge >= 0.3 is 0 Å². The third-order valence-electron chi connectivity index (χ3n) is 2.85. The number of hydrogen-bond acceptors (Lipinski definition) is 4. The second kappa shape index (κ2) is 3.53. The van der Waals surface area contributed by atoms with E-state index in [2.05, 4.69) is 20.9 Å². The molecule has 1 aliphatic rings. The highest BCUT2D eigenvalue weighted by Crippen LogP contribution is 2.52. The van der Waals surface area contributed by atoms with Gasteiger partial charge in [0.1, 0.15) is 6.20 Å². The van der Waals surface area contributed by atoms with Gasteiger partial charge in [-0.25, -0.2) is 0 Å². The van der Waals surface area contributed by atoms with Crippen LogP contribution in [0.25, 0.3) is 0 Å². The molecule has 0 aromatic carbocycles. The molecule has 1 saturated carbocycles. The lowest BCUT2D eigenvalue weighted by Crippen LogP contribution is -2.21. The van der Waals surface area contributed by atoms with Crippen molar-refractivity contribution >= 4 is 21.6 Å². The molecule has 5 nitrogen and oxygen atoms in total. The van der Waals surface area contributed by atoms with E-state index in [0.29, 0.717) is 16.6 Å². The molecule has 0 unspecified atom stereocenters. The summed E-state index contributed by atoms with van der Waals surface area (Å²) in [5.41, 5.74) is 6.23. The standard InChI is InChI=1S/C9H10BrN3O2/c10-6-3-12-4-7(13(14)15)8(6)9(5-11)1-2-9/h3-4H,1-2,5,11H2. The smallest absolute Gasteiger partial charge is 0.292 e. The molecule has 1 fully saturated rings. The molecule has 1 aromatic rings. The first-order valence-electron chi connectivity index (χ1n) is 4.59. The Morgan fingerprint density at radius 3 is 2.73 bits per heavy atom. The Bertz CT molecular complexity index is 418. The molecule has 1 aliphatic carbocycles. The quantitative estimate of drug-likeness (QED) is 0.671. The first kappa shape index (κ1) is 10.5. The zero-order valence-electron chi connectivity index (χ0n) is 7.94. The van der Waals surface area contributed by atoms with Crippen molar-refractivity contribution in [3.63, 3.8) is 0 Å². The molecule has 0 saturated heterocycles. The van der Waals surface area contributed by atoms with Crippen LogP contribution in [0.2, 0.25) is 0 Å². The van der Waals surface area contributed by atoms with E-state index >= 15 is 0 Å². The average molecular weight is 272 g/mol. The number of pyridine rings is 1. The Morgan fingerprint density at radius 2 is 2.27 bits per heavy atom.